The number of non-ortho nitro benzene ring substituents is 1. The van der Waals surface area contributed by atoms with Crippen LogP contribution in [-0.4, -0.2) is 32.4 Å². The molecule has 0 atom stereocenters. The SMILES string of the molecule is CCOc1ccc(NC(=O)c2nnn(-c3cccc([N+](=O)[O-])c3)c2C)cc1. The molecule has 0 saturated carbocycles. The van der Waals surface area contributed by atoms with Crippen molar-refractivity contribution in [3.05, 3.63) is 70.0 Å². The van der Waals surface area contributed by atoms with Gasteiger partial charge in [-0.25, -0.2) is 4.68 Å². The molecule has 1 heterocycles. The second kappa shape index (κ2) is 7.65. The number of aromatic nitrogens is 3. The highest BCUT2D eigenvalue weighted by molar-refractivity contribution is 6.03. The first-order valence-corrected chi connectivity index (χ1v) is 8.21. The van der Waals surface area contributed by atoms with Crippen molar-refractivity contribution in [3.8, 4) is 11.4 Å². The van der Waals surface area contributed by atoms with Gasteiger partial charge in [-0.1, -0.05) is 11.3 Å². The molecule has 0 unspecified atom stereocenters. The van der Waals surface area contributed by atoms with Crippen molar-refractivity contribution in [2.45, 2.75) is 13.8 Å². The summed E-state index contributed by atoms with van der Waals surface area (Å²) in [5.41, 5.74) is 1.58. The molecule has 0 fully saturated rings. The summed E-state index contributed by atoms with van der Waals surface area (Å²) in [6, 6.07) is 12.9. The summed E-state index contributed by atoms with van der Waals surface area (Å²) < 4.78 is 6.75. The molecule has 0 aliphatic carbocycles. The van der Waals surface area contributed by atoms with Crippen LogP contribution in [0.3, 0.4) is 0 Å². The standard InChI is InChI=1S/C18H17N5O4/c1-3-27-16-9-7-13(8-10-16)19-18(24)17-12(2)22(21-20-17)14-5-4-6-15(11-14)23(25)26/h4-11H,3H2,1-2H3,(H,19,24). The maximum absolute atomic E-state index is 12.5. The zero-order chi connectivity index (χ0) is 19.4. The summed E-state index contributed by atoms with van der Waals surface area (Å²) in [5, 5.41) is 21.5. The fourth-order valence-corrected chi connectivity index (χ4v) is 2.51. The summed E-state index contributed by atoms with van der Waals surface area (Å²) in [5.74, 6) is 0.289. The van der Waals surface area contributed by atoms with Crippen LogP contribution in [0.25, 0.3) is 5.69 Å². The zero-order valence-electron chi connectivity index (χ0n) is 14.7. The highest BCUT2D eigenvalue weighted by Gasteiger charge is 2.18. The number of ether oxygens (including phenoxy) is 1. The molecular formula is C18H17N5O4. The van der Waals surface area contributed by atoms with Crippen molar-refractivity contribution in [3.63, 3.8) is 0 Å². The van der Waals surface area contributed by atoms with Crippen molar-refractivity contribution in [2.75, 3.05) is 11.9 Å². The molecule has 0 bridgehead atoms. The van der Waals surface area contributed by atoms with Crippen LogP contribution in [0.2, 0.25) is 0 Å². The zero-order valence-corrected chi connectivity index (χ0v) is 14.7. The summed E-state index contributed by atoms with van der Waals surface area (Å²) in [7, 11) is 0. The van der Waals surface area contributed by atoms with Crippen molar-refractivity contribution in [1.82, 2.24) is 15.0 Å². The number of hydrogen-bond donors (Lipinski definition) is 1. The lowest BCUT2D eigenvalue weighted by Crippen LogP contribution is -2.14. The Hall–Kier alpha value is -3.75. The predicted octanol–water partition coefficient (Wildman–Crippen LogP) is 3.13. The maximum Gasteiger partial charge on any atom is 0.278 e. The van der Waals surface area contributed by atoms with Crippen molar-refractivity contribution in [1.29, 1.82) is 0 Å². The average molecular weight is 367 g/mol. The predicted molar refractivity (Wildman–Crippen MR) is 98.3 cm³/mol. The van der Waals surface area contributed by atoms with Crippen LogP contribution in [0.1, 0.15) is 23.1 Å². The maximum atomic E-state index is 12.5. The first-order chi connectivity index (χ1) is 13.0. The van der Waals surface area contributed by atoms with Gasteiger partial charge in [0.1, 0.15) is 5.75 Å². The fraction of sp³-hybridized carbons (Fsp3) is 0.167. The van der Waals surface area contributed by atoms with Crippen molar-refractivity contribution < 1.29 is 14.5 Å². The van der Waals surface area contributed by atoms with E-state index in [1.807, 2.05) is 6.92 Å². The largest absolute Gasteiger partial charge is 0.494 e. The van der Waals surface area contributed by atoms with E-state index in [4.69, 9.17) is 4.74 Å². The van der Waals surface area contributed by atoms with E-state index in [2.05, 4.69) is 15.6 Å². The average Bonchev–Trinajstić information content (AvgIpc) is 3.05. The molecule has 138 valence electrons. The molecule has 2 aromatic carbocycles. The van der Waals surface area contributed by atoms with E-state index in [1.54, 1.807) is 43.3 Å². The van der Waals surface area contributed by atoms with Gasteiger partial charge >= 0.3 is 0 Å². The lowest BCUT2D eigenvalue weighted by Gasteiger charge is -2.07. The number of nitrogens with one attached hydrogen (secondary N) is 1. The number of nitrogens with zero attached hydrogens (tertiary/aromatic N) is 4. The second-order valence-electron chi connectivity index (χ2n) is 5.62. The molecular weight excluding hydrogens is 350 g/mol. The molecule has 0 saturated heterocycles. The Morgan fingerprint density at radius 3 is 2.67 bits per heavy atom. The van der Waals surface area contributed by atoms with E-state index in [0.29, 0.717) is 29.4 Å². The Labute approximate surface area is 154 Å². The minimum absolute atomic E-state index is 0.0669. The molecule has 1 amide bonds. The number of rotatable bonds is 6. The van der Waals surface area contributed by atoms with E-state index < -0.39 is 10.8 Å². The van der Waals surface area contributed by atoms with Crippen LogP contribution >= 0.6 is 0 Å². The number of hydrogen-bond acceptors (Lipinski definition) is 6. The monoisotopic (exact) mass is 367 g/mol. The summed E-state index contributed by atoms with van der Waals surface area (Å²) in [4.78, 5) is 22.9. The quantitative estimate of drug-likeness (QED) is 0.529. The molecule has 3 aromatic rings. The van der Waals surface area contributed by atoms with Gasteiger partial charge in [-0.2, -0.15) is 0 Å². The molecule has 0 radical (unpaired) electrons. The Kier molecular flexibility index (Phi) is 5.11. The number of amides is 1. The molecule has 1 N–H and O–H groups in total. The van der Waals surface area contributed by atoms with E-state index >= 15 is 0 Å². The van der Waals surface area contributed by atoms with Crippen LogP contribution in [0.4, 0.5) is 11.4 Å². The molecule has 0 aliphatic heterocycles. The highest BCUT2D eigenvalue weighted by Crippen LogP contribution is 2.20. The first-order valence-electron chi connectivity index (χ1n) is 8.21. The number of benzene rings is 2. The Bertz CT molecular complexity index is 982. The number of carbonyl (C=O) groups excluding carboxylic acids is 1. The lowest BCUT2D eigenvalue weighted by molar-refractivity contribution is -0.384. The lowest BCUT2D eigenvalue weighted by atomic mass is 10.2. The van der Waals surface area contributed by atoms with Crippen molar-refractivity contribution >= 4 is 17.3 Å². The molecule has 1 aromatic heterocycles. The topological polar surface area (TPSA) is 112 Å². The first kappa shape index (κ1) is 18.1. The van der Waals surface area contributed by atoms with Gasteiger partial charge in [0.25, 0.3) is 11.6 Å². The third-order valence-corrected chi connectivity index (χ3v) is 3.82. The van der Waals surface area contributed by atoms with Crippen molar-refractivity contribution in [2.24, 2.45) is 0 Å². The van der Waals surface area contributed by atoms with Crippen LogP contribution in [0.5, 0.6) is 5.75 Å². The van der Waals surface area contributed by atoms with Crippen LogP contribution in [-0.2, 0) is 0 Å². The van der Waals surface area contributed by atoms with Gasteiger partial charge in [0, 0.05) is 17.8 Å². The van der Waals surface area contributed by atoms with E-state index in [9.17, 15) is 14.9 Å². The van der Waals surface area contributed by atoms with Crippen LogP contribution in [0.15, 0.2) is 48.5 Å². The van der Waals surface area contributed by atoms with E-state index in [1.165, 1.54) is 16.8 Å². The number of anilines is 1. The van der Waals surface area contributed by atoms with E-state index in [0.717, 1.165) is 0 Å². The molecule has 0 aliphatic rings. The van der Waals surface area contributed by atoms with Gasteiger partial charge in [0.05, 0.1) is 22.9 Å². The molecule has 0 spiro atoms. The minimum Gasteiger partial charge on any atom is -0.494 e. The fourth-order valence-electron chi connectivity index (χ4n) is 2.51. The van der Waals surface area contributed by atoms with Gasteiger partial charge in [-0.05, 0) is 44.2 Å². The van der Waals surface area contributed by atoms with E-state index in [-0.39, 0.29) is 11.4 Å². The molecule has 3 rings (SSSR count). The minimum atomic E-state index is -0.491. The molecule has 9 heteroatoms. The summed E-state index contributed by atoms with van der Waals surface area (Å²) in [6.45, 7) is 4.13. The van der Waals surface area contributed by atoms with Gasteiger partial charge < -0.3 is 10.1 Å². The van der Waals surface area contributed by atoms with Crippen LogP contribution in [0, 0.1) is 17.0 Å². The van der Waals surface area contributed by atoms with Gasteiger partial charge in [0.2, 0.25) is 0 Å². The Morgan fingerprint density at radius 2 is 2.00 bits per heavy atom. The smallest absolute Gasteiger partial charge is 0.278 e. The summed E-state index contributed by atoms with van der Waals surface area (Å²) >= 11 is 0. The van der Waals surface area contributed by atoms with Gasteiger partial charge in [-0.15, -0.1) is 5.10 Å². The summed E-state index contributed by atoms with van der Waals surface area (Å²) in [6.07, 6.45) is 0. The van der Waals surface area contributed by atoms with Gasteiger partial charge in [-0.3, -0.25) is 14.9 Å². The Morgan fingerprint density at radius 1 is 1.26 bits per heavy atom. The third kappa shape index (κ3) is 3.92. The third-order valence-electron chi connectivity index (χ3n) is 3.82. The molecule has 27 heavy (non-hydrogen) atoms. The molecule has 9 nitrogen and oxygen atoms in total. The number of nitro benzene ring substituents is 1. The highest BCUT2D eigenvalue weighted by atomic mass is 16.6. The normalized spacial score (nSPS) is 10.4. The second-order valence-corrected chi connectivity index (χ2v) is 5.62. The number of carbonyl (C=O) groups is 1. The van der Waals surface area contributed by atoms with Crippen LogP contribution < -0.4 is 10.1 Å². The van der Waals surface area contributed by atoms with Gasteiger partial charge in [0.15, 0.2) is 5.69 Å². The Balaban J connectivity index is 1.81. The number of nitro groups is 1.